The minimum Gasteiger partial charge on any atom is -0.320 e. The highest BCUT2D eigenvalue weighted by molar-refractivity contribution is 6.05. The van der Waals surface area contributed by atoms with Crippen LogP contribution in [0.15, 0.2) is 55.1 Å². The van der Waals surface area contributed by atoms with Crippen molar-refractivity contribution in [1.29, 1.82) is 0 Å². The first-order valence-electron chi connectivity index (χ1n) is 7.85. The molecule has 1 aromatic heterocycles. The molecule has 8 heteroatoms. The Morgan fingerprint density at radius 2 is 1.88 bits per heavy atom. The van der Waals surface area contributed by atoms with E-state index in [4.69, 9.17) is 0 Å². The third kappa shape index (κ3) is 3.74. The predicted molar refractivity (Wildman–Crippen MR) is 90.1 cm³/mol. The van der Waals surface area contributed by atoms with Gasteiger partial charge in [-0.05, 0) is 42.3 Å². The number of nitrogens with one attached hydrogen (secondary N) is 1. The molecule has 0 fully saturated rings. The number of carbonyl (C=O) groups excluding carboxylic acids is 1. The lowest BCUT2D eigenvalue weighted by Crippen LogP contribution is -2.15. The maximum Gasteiger partial charge on any atom is 0.416 e. The van der Waals surface area contributed by atoms with Gasteiger partial charge >= 0.3 is 6.18 Å². The zero-order valence-corrected chi connectivity index (χ0v) is 13.8. The molecule has 1 amide bonds. The molecule has 134 valence electrons. The van der Waals surface area contributed by atoms with Gasteiger partial charge in [-0.3, -0.25) is 4.79 Å². The largest absolute Gasteiger partial charge is 0.416 e. The summed E-state index contributed by atoms with van der Waals surface area (Å²) < 4.78 is 40.4. The van der Waals surface area contributed by atoms with Crippen molar-refractivity contribution in [3.05, 3.63) is 71.8 Å². The minimum atomic E-state index is -4.52. The standard InChI is InChI=1S/C18H15F3N4O/c1-2-12-3-5-13(6-4-12)17(26)24-15-9-14(18(19,20)21)7-8-16(15)25-11-22-10-23-25/h3-11H,2H2,1H3,(H,24,26). The molecule has 1 heterocycles. The van der Waals surface area contributed by atoms with Gasteiger partial charge in [0.1, 0.15) is 12.7 Å². The Morgan fingerprint density at radius 1 is 1.15 bits per heavy atom. The average Bonchev–Trinajstić information content (AvgIpc) is 3.15. The lowest BCUT2D eigenvalue weighted by Gasteiger charge is -2.14. The molecule has 0 bridgehead atoms. The number of hydrogen-bond donors (Lipinski definition) is 1. The first kappa shape index (κ1) is 17.7. The number of rotatable bonds is 4. The molecular weight excluding hydrogens is 345 g/mol. The van der Waals surface area contributed by atoms with Gasteiger partial charge in [0.05, 0.1) is 16.9 Å². The molecule has 0 saturated carbocycles. The molecule has 0 saturated heterocycles. The van der Waals surface area contributed by atoms with Crippen LogP contribution < -0.4 is 5.32 Å². The smallest absolute Gasteiger partial charge is 0.320 e. The quantitative estimate of drug-likeness (QED) is 0.762. The van der Waals surface area contributed by atoms with Crippen LogP contribution in [0.3, 0.4) is 0 Å². The van der Waals surface area contributed by atoms with Gasteiger partial charge in [0.2, 0.25) is 0 Å². The van der Waals surface area contributed by atoms with Crippen LogP contribution in [0.4, 0.5) is 18.9 Å². The molecule has 5 nitrogen and oxygen atoms in total. The molecule has 26 heavy (non-hydrogen) atoms. The fraction of sp³-hybridized carbons (Fsp3) is 0.167. The van der Waals surface area contributed by atoms with Crippen LogP contribution in [-0.4, -0.2) is 20.7 Å². The second-order valence-corrected chi connectivity index (χ2v) is 5.57. The van der Waals surface area contributed by atoms with E-state index in [0.717, 1.165) is 24.1 Å². The van der Waals surface area contributed by atoms with Gasteiger partial charge in [0.15, 0.2) is 0 Å². The molecule has 0 radical (unpaired) electrons. The van der Waals surface area contributed by atoms with Crippen LogP contribution in [0, 0.1) is 0 Å². The van der Waals surface area contributed by atoms with Gasteiger partial charge in [0.25, 0.3) is 5.91 Å². The number of amides is 1. The van der Waals surface area contributed by atoms with Crippen molar-refractivity contribution in [2.24, 2.45) is 0 Å². The first-order chi connectivity index (χ1) is 12.4. The van der Waals surface area contributed by atoms with Gasteiger partial charge in [-0.2, -0.15) is 18.3 Å². The van der Waals surface area contributed by atoms with Crippen molar-refractivity contribution >= 4 is 11.6 Å². The Balaban J connectivity index is 1.96. The highest BCUT2D eigenvalue weighted by atomic mass is 19.4. The van der Waals surface area contributed by atoms with Crippen LogP contribution in [0.5, 0.6) is 0 Å². The van der Waals surface area contributed by atoms with E-state index >= 15 is 0 Å². The van der Waals surface area contributed by atoms with E-state index in [0.29, 0.717) is 5.56 Å². The molecule has 3 aromatic rings. The summed E-state index contributed by atoms with van der Waals surface area (Å²) in [5.74, 6) is -0.506. The fourth-order valence-corrected chi connectivity index (χ4v) is 2.43. The molecule has 0 aliphatic heterocycles. The number of halogens is 3. The van der Waals surface area contributed by atoms with Crippen LogP contribution in [-0.2, 0) is 12.6 Å². The topological polar surface area (TPSA) is 59.8 Å². The Bertz CT molecular complexity index is 903. The van der Waals surface area contributed by atoms with Crippen molar-refractivity contribution in [2.75, 3.05) is 5.32 Å². The highest BCUT2D eigenvalue weighted by Crippen LogP contribution is 2.33. The third-order valence-corrected chi connectivity index (χ3v) is 3.86. The van der Waals surface area contributed by atoms with Crippen LogP contribution in [0.2, 0.25) is 0 Å². The van der Waals surface area contributed by atoms with E-state index in [9.17, 15) is 18.0 Å². The van der Waals surface area contributed by atoms with E-state index in [1.54, 1.807) is 24.3 Å². The van der Waals surface area contributed by atoms with Crippen molar-refractivity contribution in [3.63, 3.8) is 0 Å². The maximum atomic E-state index is 13.0. The molecule has 0 unspecified atom stereocenters. The molecule has 1 N–H and O–H groups in total. The number of nitrogens with zero attached hydrogens (tertiary/aromatic N) is 3. The van der Waals surface area contributed by atoms with Crippen LogP contribution >= 0.6 is 0 Å². The summed E-state index contributed by atoms with van der Waals surface area (Å²) in [6, 6.07) is 9.94. The second kappa shape index (κ2) is 6.99. The summed E-state index contributed by atoms with van der Waals surface area (Å²) in [4.78, 5) is 16.2. The Kier molecular flexibility index (Phi) is 4.75. The number of hydrogen-bond acceptors (Lipinski definition) is 3. The number of carbonyl (C=O) groups is 1. The van der Waals surface area contributed by atoms with Crippen LogP contribution in [0.25, 0.3) is 5.69 Å². The molecule has 0 aliphatic carbocycles. The summed E-state index contributed by atoms with van der Waals surface area (Å²) in [5.41, 5.74) is 0.829. The molecule has 3 rings (SSSR count). The number of alkyl halides is 3. The Labute approximate surface area is 147 Å². The SMILES string of the molecule is CCc1ccc(C(=O)Nc2cc(C(F)(F)F)ccc2-n2cncn2)cc1. The van der Waals surface area contributed by atoms with Crippen molar-refractivity contribution < 1.29 is 18.0 Å². The third-order valence-electron chi connectivity index (χ3n) is 3.86. The lowest BCUT2D eigenvalue weighted by atomic mass is 10.1. The number of benzene rings is 2. The van der Waals surface area contributed by atoms with Gasteiger partial charge in [-0.25, -0.2) is 9.67 Å². The highest BCUT2D eigenvalue weighted by Gasteiger charge is 2.31. The first-order valence-corrected chi connectivity index (χ1v) is 7.85. The van der Waals surface area contributed by atoms with E-state index < -0.39 is 17.6 Å². The van der Waals surface area contributed by atoms with Gasteiger partial charge in [-0.1, -0.05) is 19.1 Å². The average molecular weight is 360 g/mol. The summed E-state index contributed by atoms with van der Waals surface area (Å²) in [6.07, 6.45) is -1.10. The Morgan fingerprint density at radius 3 is 2.46 bits per heavy atom. The summed E-state index contributed by atoms with van der Waals surface area (Å²) >= 11 is 0. The second-order valence-electron chi connectivity index (χ2n) is 5.57. The van der Waals surface area contributed by atoms with Crippen molar-refractivity contribution in [3.8, 4) is 5.69 Å². The molecule has 0 atom stereocenters. The number of aryl methyl sites for hydroxylation is 1. The summed E-state index contributed by atoms with van der Waals surface area (Å²) in [6.45, 7) is 1.99. The van der Waals surface area contributed by atoms with Crippen LogP contribution in [0.1, 0.15) is 28.4 Å². The maximum absolute atomic E-state index is 13.0. The van der Waals surface area contributed by atoms with Crippen molar-refractivity contribution in [1.82, 2.24) is 14.8 Å². The normalized spacial score (nSPS) is 11.4. The zero-order chi connectivity index (χ0) is 18.7. The Hall–Kier alpha value is -3.16. The molecule has 2 aromatic carbocycles. The van der Waals surface area contributed by atoms with E-state index in [1.807, 2.05) is 6.92 Å². The number of anilines is 1. The summed E-state index contributed by atoms with van der Waals surface area (Å²) in [7, 11) is 0. The van der Waals surface area contributed by atoms with E-state index in [1.165, 1.54) is 23.4 Å². The fourth-order valence-electron chi connectivity index (χ4n) is 2.43. The van der Waals surface area contributed by atoms with Crippen molar-refractivity contribution in [2.45, 2.75) is 19.5 Å². The van der Waals surface area contributed by atoms with Gasteiger partial charge in [-0.15, -0.1) is 0 Å². The minimum absolute atomic E-state index is 0.00473. The zero-order valence-electron chi connectivity index (χ0n) is 13.8. The van der Waals surface area contributed by atoms with E-state index in [2.05, 4.69) is 15.4 Å². The molecular formula is C18H15F3N4O. The summed E-state index contributed by atoms with van der Waals surface area (Å²) in [5, 5.41) is 6.45. The molecule has 0 spiro atoms. The van der Waals surface area contributed by atoms with Gasteiger partial charge < -0.3 is 5.32 Å². The van der Waals surface area contributed by atoms with E-state index in [-0.39, 0.29) is 11.4 Å². The van der Waals surface area contributed by atoms with Gasteiger partial charge in [0, 0.05) is 5.56 Å². The monoisotopic (exact) mass is 360 g/mol. The number of aromatic nitrogens is 3. The predicted octanol–water partition coefficient (Wildman–Crippen LogP) is 4.10. The molecule has 0 aliphatic rings. The lowest BCUT2D eigenvalue weighted by molar-refractivity contribution is -0.137.